The van der Waals surface area contributed by atoms with E-state index in [1.807, 2.05) is 13.8 Å². The second-order valence-electron chi connectivity index (χ2n) is 8.79. The second-order valence-corrected chi connectivity index (χ2v) is 8.79. The fourth-order valence-corrected chi connectivity index (χ4v) is 4.47. The van der Waals surface area contributed by atoms with Crippen molar-refractivity contribution in [1.82, 2.24) is 15.2 Å². The van der Waals surface area contributed by atoms with Crippen LogP contribution in [0.3, 0.4) is 0 Å². The normalized spacial score (nSPS) is 11.3. The standard InChI is InChI=1S/C27H31N3O3/c1-18-8-10-21(11-9-18)15-23-17-30(14-6-4-5-7-26(31)28-32)25-13-12-22(16-24(23)25)27-19(2)29-33-20(27)3/h8-13,16-17,32H,4-7,14-15H2,1-3H3,(H,28,31). The number of nitrogens with zero attached hydrogens (tertiary/aromatic N) is 2. The van der Waals surface area contributed by atoms with Crippen molar-refractivity contribution in [1.29, 1.82) is 0 Å². The lowest BCUT2D eigenvalue weighted by Gasteiger charge is -2.07. The van der Waals surface area contributed by atoms with E-state index in [0.29, 0.717) is 6.42 Å². The Labute approximate surface area is 194 Å². The minimum absolute atomic E-state index is 0.325. The van der Waals surface area contributed by atoms with Gasteiger partial charge in [0.05, 0.1) is 5.69 Å². The minimum Gasteiger partial charge on any atom is -0.361 e. The second kappa shape index (κ2) is 10.0. The summed E-state index contributed by atoms with van der Waals surface area (Å²) in [6.45, 7) is 6.92. The van der Waals surface area contributed by atoms with Crippen LogP contribution >= 0.6 is 0 Å². The Morgan fingerprint density at radius 2 is 1.85 bits per heavy atom. The fraction of sp³-hybridized carbons (Fsp3) is 0.333. The van der Waals surface area contributed by atoms with Crippen molar-refractivity contribution < 1.29 is 14.5 Å². The molecule has 33 heavy (non-hydrogen) atoms. The molecule has 2 heterocycles. The highest BCUT2D eigenvalue weighted by Crippen LogP contribution is 2.33. The first kappa shape index (κ1) is 22.8. The van der Waals surface area contributed by atoms with Crippen molar-refractivity contribution in [2.45, 2.75) is 59.4 Å². The van der Waals surface area contributed by atoms with Gasteiger partial charge in [0.15, 0.2) is 0 Å². The molecule has 2 aromatic carbocycles. The van der Waals surface area contributed by atoms with Crippen LogP contribution < -0.4 is 5.48 Å². The SMILES string of the molecule is Cc1ccc(Cc2cn(CCCCCC(=O)NO)c3ccc(-c4c(C)noc4C)cc23)cc1. The molecule has 0 spiro atoms. The number of unbranched alkanes of at least 4 members (excludes halogenated alkanes) is 2. The van der Waals surface area contributed by atoms with E-state index in [2.05, 4.69) is 65.3 Å². The number of aryl methyl sites for hydroxylation is 4. The summed E-state index contributed by atoms with van der Waals surface area (Å²) in [5.41, 5.74) is 9.84. The number of aromatic nitrogens is 2. The lowest BCUT2D eigenvalue weighted by atomic mass is 9.99. The van der Waals surface area contributed by atoms with Gasteiger partial charge in [-0.3, -0.25) is 10.0 Å². The summed E-state index contributed by atoms with van der Waals surface area (Å²) in [7, 11) is 0. The molecule has 0 saturated carbocycles. The van der Waals surface area contributed by atoms with Crippen LogP contribution in [0.5, 0.6) is 0 Å². The molecule has 2 N–H and O–H groups in total. The van der Waals surface area contributed by atoms with Crippen LogP contribution in [0.2, 0.25) is 0 Å². The largest absolute Gasteiger partial charge is 0.361 e. The first-order valence-electron chi connectivity index (χ1n) is 11.5. The zero-order valence-electron chi connectivity index (χ0n) is 19.5. The van der Waals surface area contributed by atoms with E-state index in [9.17, 15) is 4.79 Å². The van der Waals surface area contributed by atoms with Crippen molar-refractivity contribution >= 4 is 16.8 Å². The van der Waals surface area contributed by atoms with Crippen LogP contribution in [-0.4, -0.2) is 20.8 Å². The number of carbonyl (C=O) groups excluding carboxylic acids is 1. The average molecular weight is 446 g/mol. The topological polar surface area (TPSA) is 80.3 Å². The Balaban J connectivity index is 1.63. The van der Waals surface area contributed by atoms with Crippen molar-refractivity contribution in [2.75, 3.05) is 0 Å². The maximum atomic E-state index is 11.2. The lowest BCUT2D eigenvalue weighted by molar-refractivity contribution is -0.129. The Morgan fingerprint density at radius 1 is 1.06 bits per heavy atom. The number of hydroxylamine groups is 1. The van der Waals surface area contributed by atoms with Crippen LogP contribution in [0.4, 0.5) is 0 Å². The monoisotopic (exact) mass is 445 g/mol. The van der Waals surface area contributed by atoms with Crippen molar-refractivity contribution in [3.63, 3.8) is 0 Å². The Hall–Kier alpha value is -3.38. The smallest absolute Gasteiger partial charge is 0.243 e. The highest BCUT2D eigenvalue weighted by Gasteiger charge is 2.15. The zero-order chi connectivity index (χ0) is 23.4. The molecular formula is C27H31N3O3. The maximum absolute atomic E-state index is 11.2. The number of amides is 1. The van der Waals surface area contributed by atoms with Crippen LogP contribution in [0.15, 0.2) is 53.2 Å². The van der Waals surface area contributed by atoms with Crippen molar-refractivity contribution in [3.05, 3.63) is 76.8 Å². The van der Waals surface area contributed by atoms with Crippen molar-refractivity contribution in [3.8, 4) is 11.1 Å². The number of fused-ring (bicyclic) bond motifs is 1. The number of hydrogen-bond acceptors (Lipinski definition) is 4. The van der Waals surface area contributed by atoms with Crippen LogP contribution in [0.25, 0.3) is 22.0 Å². The lowest BCUT2D eigenvalue weighted by Crippen LogP contribution is -2.17. The molecule has 1 amide bonds. The molecule has 0 atom stereocenters. The van der Waals surface area contributed by atoms with E-state index in [0.717, 1.165) is 54.8 Å². The predicted octanol–water partition coefficient (Wildman–Crippen LogP) is 5.88. The molecule has 0 radical (unpaired) electrons. The van der Waals surface area contributed by atoms with E-state index >= 15 is 0 Å². The van der Waals surface area contributed by atoms with Gasteiger partial charge in [-0.25, -0.2) is 5.48 Å². The molecule has 4 rings (SSSR count). The van der Waals surface area contributed by atoms with E-state index in [1.54, 1.807) is 5.48 Å². The van der Waals surface area contributed by atoms with Gasteiger partial charge in [0, 0.05) is 35.6 Å². The average Bonchev–Trinajstić information content (AvgIpc) is 3.33. The molecular weight excluding hydrogens is 414 g/mol. The third kappa shape index (κ3) is 5.17. The van der Waals surface area contributed by atoms with Gasteiger partial charge in [-0.2, -0.15) is 0 Å². The molecule has 0 aliphatic heterocycles. The summed E-state index contributed by atoms with van der Waals surface area (Å²) in [4.78, 5) is 11.2. The summed E-state index contributed by atoms with van der Waals surface area (Å²) in [6.07, 6.45) is 6.14. The first-order valence-corrected chi connectivity index (χ1v) is 11.5. The number of benzene rings is 2. The van der Waals surface area contributed by atoms with Gasteiger partial charge in [-0.05, 0) is 68.9 Å². The predicted molar refractivity (Wildman–Crippen MR) is 129 cm³/mol. The van der Waals surface area contributed by atoms with Crippen LogP contribution in [-0.2, 0) is 17.8 Å². The first-order chi connectivity index (χ1) is 16.0. The van der Waals surface area contributed by atoms with E-state index in [-0.39, 0.29) is 5.91 Å². The van der Waals surface area contributed by atoms with Crippen LogP contribution in [0, 0.1) is 20.8 Å². The molecule has 0 unspecified atom stereocenters. The molecule has 6 heteroatoms. The Bertz CT molecular complexity index is 1230. The van der Waals surface area contributed by atoms with Gasteiger partial charge >= 0.3 is 0 Å². The summed E-state index contributed by atoms with van der Waals surface area (Å²) in [6, 6.07) is 15.3. The van der Waals surface area contributed by atoms with Crippen molar-refractivity contribution in [2.24, 2.45) is 0 Å². The van der Waals surface area contributed by atoms with Gasteiger partial charge in [0.1, 0.15) is 5.76 Å². The van der Waals surface area contributed by atoms with E-state index in [4.69, 9.17) is 9.73 Å². The number of carbonyl (C=O) groups is 1. The summed E-state index contributed by atoms with van der Waals surface area (Å²) in [5, 5.41) is 14.0. The summed E-state index contributed by atoms with van der Waals surface area (Å²) < 4.78 is 7.73. The third-order valence-electron chi connectivity index (χ3n) is 6.23. The summed E-state index contributed by atoms with van der Waals surface area (Å²) in [5.74, 6) is 0.506. The quantitative estimate of drug-likeness (QED) is 0.192. The van der Waals surface area contributed by atoms with Gasteiger partial charge in [-0.1, -0.05) is 47.5 Å². The highest BCUT2D eigenvalue weighted by atomic mass is 16.5. The molecule has 6 nitrogen and oxygen atoms in total. The molecule has 4 aromatic rings. The Morgan fingerprint density at radius 3 is 2.55 bits per heavy atom. The molecule has 0 fully saturated rings. The van der Waals surface area contributed by atoms with Gasteiger partial charge in [0.2, 0.25) is 5.91 Å². The molecule has 0 bridgehead atoms. The van der Waals surface area contributed by atoms with E-state index in [1.165, 1.54) is 27.6 Å². The molecule has 172 valence electrons. The van der Waals surface area contributed by atoms with Gasteiger partial charge in [-0.15, -0.1) is 0 Å². The third-order valence-corrected chi connectivity index (χ3v) is 6.23. The van der Waals surface area contributed by atoms with E-state index < -0.39 is 0 Å². The van der Waals surface area contributed by atoms with Gasteiger partial charge < -0.3 is 9.09 Å². The molecule has 2 aromatic heterocycles. The maximum Gasteiger partial charge on any atom is 0.243 e. The molecule has 0 aliphatic rings. The minimum atomic E-state index is -0.325. The zero-order valence-corrected chi connectivity index (χ0v) is 19.5. The fourth-order valence-electron chi connectivity index (χ4n) is 4.47. The number of nitrogens with one attached hydrogen (secondary N) is 1. The number of rotatable bonds is 9. The molecule has 0 saturated heterocycles. The number of hydrogen-bond donors (Lipinski definition) is 2. The van der Waals surface area contributed by atoms with Crippen LogP contribution in [0.1, 0.15) is 53.8 Å². The van der Waals surface area contributed by atoms with Gasteiger partial charge in [0.25, 0.3) is 0 Å². The Kier molecular flexibility index (Phi) is 6.94. The molecule has 0 aliphatic carbocycles. The summed E-state index contributed by atoms with van der Waals surface area (Å²) >= 11 is 0. The highest BCUT2D eigenvalue weighted by molar-refractivity contribution is 5.89.